The average Bonchev–Trinajstić information content (AvgIpc) is 2.28. The van der Waals surface area contributed by atoms with Crippen molar-refractivity contribution in [2.45, 2.75) is 26.1 Å². The standard InChI is InChI=1S/C12H14F3NO/c1-2-8-16(11(17)12(13,14)15)9-10-6-4-3-5-7-10/h3-7H,2,8-9H2,1H3. The summed E-state index contributed by atoms with van der Waals surface area (Å²) < 4.78 is 37.0. The first-order chi connectivity index (χ1) is 7.95. The number of alkyl halides is 3. The van der Waals surface area contributed by atoms with Gasteiger partial charge in [0.15, 0.2) is 0 Å². The van der Waals surface area contributed by atoms with Crippen molar-refractivity contribution in [1.82, 2.24) is 4.90 Å². The van der Waals surface area contributed by atoms with Gasteiger partial charge in [-0.3, -0.25) is 4.79 Å². The summed E-state index contributed by atoms with van der Waals surface area (Å²) in [7, 11) is 0. The molecule has 0 saturated heterocycles. The van der Waals surface area contributed by atoms with Crippen LogP contribution in [-0.2, 0) is 11.3 Å². The Labute approximate surface area is 98.0 Å². The molecule has 17 heavy (non-hydrogen) atoms. The predicted molar refractivity (Wildman–Crippen MR) is 58.2 cm³/mol. The SMILES string of the molecule is CCCN(Cc1ccccc1)C(=O)C(F)(F)F. The molecule has 2 nitrogen and oxygen atoms in total. The third kappa shape index (κ3) is 4.09. The van der Waals surface area contributed by atoms with Crippen LogP contribution in [0.3, 0.4) is 0 Å². The maximum Gasteiger partial charge on any atom is 0.471 e. The molecule has 0 spiro atoms. The predicted octanol–water partition coefficient (Wildman–Crippen LogP) is 2.99. The molecule has 0 aliphatic heterocycles. The number of nitrogens with zero attached hydrogens (tertiary/aromatic N) is 1. The van der Waals surface area contributed by atoms with Crippen LogP contribution in [0.5, 0.6) is 0 Å². The Morgan fingerprint density at radius 2 is 1.82 bits per heavy atom. The zero-order chi connectivity index (χ0) is 12.9. The molecule has 1 aromatic carbocycles. The molecule has 1 rings (SSSR count). The van der Waals surface area contributed by atoms with E-state index in [1.807, 2.05) is 0 Å². The maximum absolute atomic E-state index is 12.3. The third-order valence-electron chi connectivity index (χ3n) is 2.24. The number of amides is 1. The van der Waals surface area contributed by atoms with Crippen LogP contribution in [0.15, 0.2) is 30.3 Å². The first-order valence-electron chi connectivity index (χ1n) is 5.35. The topological polar surface area (TPSA) is 20.3 Å². The zero-order valence-corrected chi connectivity index (χ0v) is 9.50. The number of benzene rings is 1. The molecule has 0 radical (unpaired) electrons. The molecule has 0 bridgehead atoms. The summed E-state index contributed by atoms with van der Waals surface area (Å²) in [5.41, 5.74) is 0.693. The molecule has 0 saturated carbocycles. The van der Waals surface area contributed by atoms with E-state index in [0.29, 0.717) is 12.0 Å². The molecule has 1 aromatic rings. The van der Waals surface area contributed by atoms with Gasteiger partial charge in [0.1, 0.15) is 0 Å². The van der Waals surface area contributed by atoms with Crippen LogP contribution in [0, 0.1) is 0 Å². The number of halogens is 3. The summed E-state index contributed by atoms with van der Waals surface area (Å²) in [6.45, 7) is 1.84. The minimum Gasteiger partial charge on any atom is -0.331 e. The Hall–Kier alpha value is -1.52. The van der Waals surface area contributed by atoms with Gasteiger partial charge < -0.3 is 4.90 Å². The lowest BCUT2D eigenvalue weighted by Gasteiger charge is -2.23. The second-order valence-electron chi connectivity index (χ2n) is 3.71. The van der Waals surface area contributed by atoms with Crippen molar-refractivity contribution in [3.05, 3.63) is 35.9 Å². The molecule has 0 atom stereocenters. The maximum atomic E-state index is 12.3. The number of hydrogen-bond acceptors (Lipinski definition) is 1. The van der Waals surface area contributed by atoms with E-state index in [1.54, 1.807) is 37.3 Å². The van der Waals surface area contributed by atoms with Gasteiger partial charge in [0.25, 0.3) is 0 Å². The van der Waals surface area contributed by atoms with Gasteiger partial charge in [0.05, 0.1) is 0 Å². The number of hydrogen-bond donors (Lipinski definition) is 0. The zero-order valence-electron chi connectivity index (χ0n) is 9.50. The normalized spacial score (nSPS) is 11.3. The molecule has 0 heterocycles. The molecule has 94 valence electrons. The molecule has 1 amide bonds. The smallest absolute Gasteiger partial charge is 0.331 e. The lowest BCUT2D eigenvalue weighted by atomic mass is 10.2. The average molecular weight is 245 g/mol. The van der Waals surface area contributed by atoms with Crippen molar-refractivity contribution < 1.29 is 18.0 Å². The van der Waals surface area contributed by atoms with Crippen LogP contribution < -0.4 is 0 Å². The highest BCUT2D eigenvalue weighted by Gasteiger charge is 2.42. The van der Waals surface area contributed by atoms with Gasteiger partial charge in [-0.25, -0.2) is 0 Å². The van der Waals surface area contributed by atoms with Gasteiger partial charge in [0.2, 0.25) is 0 Å². The van der Waals surface area contributed by atoms with Gasteiger partial charge in [-0.15, -0.1) is 0 Å². The van der Waals surface area contributed by atoms with E-state index in [2.05, 4.69) is 0 Å². The van der Waals surface area contributed by atoms with Gasteiger partial charge in [0, 0.05) is 13.1 Å². The van der Waals surface area contributed by atoms with E-state index in [0.717, 1.165) is 4.90 Å². The molecule has 0 N–H and O–H groups in total. The van der Waals surface area contributed by atoms with Crippen LogP contribution in [0.25, 0.3) is 0 Å². The largest absolute Gasteiger partial charge is 0.471 e. The summed E-state index contributed by atoms with van der Waals surface area (Å²) in [4.78, 5) is 12.0. The monoisotopic (exact) mass is 245 g/mol. The molecular formula is C12H14F3NO. The Morgan fingerprint density at radius 3 is 2.29 bits per heavy atom. The second kappa shape index (κ2) is 5.70. The lowest BCUT2D eigenvalue weighted by molar-refractivity contribution is -0.186. The van der Waals surface area contributed by atoms with Crippen molar-refractivity contribution in [2.75, 3.05) is 6.54 Å². The van der Waals surface area contributed by atoms with E-state index in [-0.39, 0.29) is 13.1 Å². The summed E-state index contributed by atoms with van der Waals surface area (Å²) in [6.07, 6.45) is -4.31. The fraction of sp³-hybridized carbons (Fsp3) is 0.417. The van der Waals surface area contributed by atoms with Crippen molar-refractivity contribution in [3.63, 3.8) is 0 Å². The Balaban J connectivity index is 2.77. The molecule has 0 aliphatic rings. The first kappa shape index (κ1) is 13.5. The number of carbonyl (C=O) groups excluding carboxylic acids is 1. The van der Waals surface area contributed by atoms with Crippen molar-refractivity contribution >= 4 is 5.91 Å². The lowest BCUT2D eigenvalue weighted by Crippen LogP contribution is -2.41. The molecule has 0 fully saturated rings. The third-order valence-corrected chi connectivity index (χ3v) is 2.24. The fourth-order valence-electron chi connectivity index (χ4n) is 1.51. The molecule has 0 aliphatic carbocycles. The minimum atomic E-state index is -4.80. The van der Waals surface area contributed by atoms with E-state index >= 15 is 0 Å². The molecule has 0 unspecified atom stereocenters. The van der Waals surface area contributed by atoms with Crippen LogP contribution in [0.2, 0.25) is 0 Å². The van der Waals surface area contributed by atoms with Crippen LogP contribution in [0.1, 0.15) is 18.9 Å². The van der Waals surface area contributed by atoms with Crippen molar-refractivity contribution in [2.24, 2.45) is 0 Å². The summed E-state index contributed by atoms with van der Waals surface area (Å²) >= 11 is 0. The van der Waals surface area contributed by atoms with Gasteiger partial charge in [-0.1, -0.05) is 37.3 Å². The highest BCUT2D eigenvalue weighted by molar-refractivity contribution is 5.81. The van der Waals surface area contributed by atoms with E-state index in [4.69, 9.17) is 0 Å². The molecular weight excluding hydrogens is 231 g/mol. The van der Waals surface area contributed by atoms with Crippen molar-refractivity contribution in [3.8, 4) is 0 Å². The van der Waals surface area contributed by atoms with Crippen LogP contribution in [-0.4, -0.2) is 23.5 Å². The summed E-state index contributed by atoms with van der Waals surface area (Å²) in [5.74, 6) is -1.77. The van der Waals surface area contributed by atoms with Crippen LogP contribution in [0.4, 0.5) is 13.2 Å². The Morgan fingerprint density at radius 1 is 1.24 bits per heavy atom. The first-order valence-corrected chi connectivity index (χ1v) is 5.35. The molecule has 0 aromatic heterocycles. The minimum absolute atomic E-state index is 0.00692. The Kier molecular flexibility index (Phi) is 4.54. The van der Waals surface area contributed by atoms with E-state index in [1.165, 1.54) is 0 Å². The van der Waals surface area contributed by atoms with E-state index in [9.17, 15) is 18.0 Å². The number of carbonyl (C=O) groups is 1. The molecule has 5 heteroatoms. The fourth-order valence-corrected chi connectivity index (χ4v) is 1.51. The second-order valence-corrected chi connectivity index (χ2v) is 3.71. The quantitative estimate of drug-likeness (QED) is 0.798. The van der Waals surface area contributed by atoms with Crippen molar-refractivity contribution in [1.29, 1.82) is 0 Å². The Bertz CT molecular complexity index is 362. The van der Waals surface area contributed by atoms with Crippen LogP contribution >= 0.6 is 0 Å². The highest BCUT2D eigenvalue weighted by atomic mass is 19.4. The summed E-state index contributed by atoms with van der Waals surface area (Å²) in [6, 6.07) is 8.65. The van der Waals surface area contributed by atoms with E-state index < -0.39 is 12.1 Å². The van der Waals surface area contributed by atoms with Gasteiger partial charge in [-0.2, -0.15) is 13.2 Å². The highest BCUT2D eigenvalue weighted by Crippen LogP contribution is 2.20. The summed E-state index contributed by atoms with van der Waals surface area (Å²) in [5, 5.41) is 0. The van der Waals surface area contributed by atoms with Gasteiger partial charge >= 0.3 is 12.1 Å². The van der Waals surface area contributed by atoms with Gasteiger partial charge in [-0.05, 0) is 12.0 Å². The number of rotatable bonds is 4.